The van der Waals surface area contributed by atoms with Crippen LogP contribution in [0.5, 0.6) is 5.75 Å². The van der Waals surface area contributed by atoms with Gasteiger partial charge < -0.3 is 19.5 Å². The lowest BCUT2D eigenvalue weighted by atomic mass is 10.1. The van der Waals surface area contributed by atoms with Crippen LogP contribution in [0, 0.1) is 6.92 Å². The maximum Gasteiger partial charge on any atom is 0.194 e. The van der Waals surface area contributed by atoms with Gasteiger partial charge in [0.05, 0.1) is 5.69 Å². The summed E-state index contributed by atoms with van der Waals surface area (Å²) in [7, 11) is 1.84. The Hall–Kier alpha value is -2.54. The predicted octanol–water partition coefficient (Wildman–Crippen LogP) is 3.05. The summed E-state index contributed by atoms with van der Waals surface area (Å²) in [5.41, 5.74) is 3.08. The zero-order valence-electron chi connectivity index (χ0n) is 18.2. The van der Waals surface area contributed by atoms with Gasteiger partial charge in [-0.3, -0.25) is 9.89 Å². The van der Waals surface area contributed by atoms with Gasteiger partial charge in [-0.05, 0) is 39.3 Å². The van der Waals surface area contributed by atoms with E-state index >= 15 is 0 Å². The summed E-state index contributed by atoms with van der Waals surface area (Å²) in [6, 6.07) is 8.28. The molecule has 3 rings (SSSR count). The lowest BCUT2D eigenvalue weighted by molar-refractivity contribution is 0.129. The zero-order valence-corrected chi connectivity index (χ0v) is 18.2. The highest BCUT2D eigenvalue weighted by Gasteiger charge is 2.21. The van der Waals surface area contributed by atoms with Crippen LogP contribution < -0.4 is 10.1 Å². The van der Waals surface area contributed by atoms with Crippen molar-refractivity contribution in [3.8, 4) is 5.75 Å². The minimum Gasteiger partial charge on any atom is -0.488 e. The number of aryl methyl sites for hydroxylation is 1. The second kappa shape index (κ2) is 9.31. The van der Waals surface area contributed by atoms with E-state index in [1.807, 2.05) is 13.1 Å². The van der Waals surface area contributed by atoms with Crippen LogP contribution >= 0.6 is 0 Å². The summed E-state index contributed by atoms with van der Waals surface area (Å²) < 4.78 is 11.1. The standard InChI is InChI=1S/C22H33N5O2/c1-17-6-7-18(20(14-17)29-22(2,3)4)15-24-21(23-5)27-11-9-26(10-12-27)16-19-8-13-28-25-19/h6-8,13-14H,9-12,15-16H2,1-5H3,(H,23,24). The topological polar surface area (TPSA) is 66.1 Å². The number of hydrogen-bond acceptors (Lipinski definition) is 5. The first-order valence-electron chi connectivity index (χ1n) is 10.2. The molecule has 1 aromatic heterocycles. The van der Waals surface area contributed by atoms with Crippen LogP contribution in [0.25, 0.3) is 0 Å². The Kier molecular flexibility index (Phi) is 6.79. The van der Waals surface area contributed by atoms with E-state index in [0.29, 0.717) is 6.54 Å². The third-order valence-corrected chi connectivity index (χ3v) is 4.84. The predicted molar refractivity (Wildman–Crippen MR) is 115 cm³/mol. The third-order valence-electron chi connectivity index (χ3n) is 4.84. The summed E-state index contributed by atoms with van der Waals surface area (Å²) in [5, 5.41) is 7.52. The summed E-state index contributed by atoms with van der Waals surface area (Å²) >= 11 is 0. The van der Waals surface area contributed by atoms with E-state index in [-0.39, 0.29) is 5.60 Å². The van der Waals surface area contributed by atoms with E-state index in [2.05, 4.69) is 71.2 Å². The molecule has 0 radical (unpaired) electrons. The molecule has 1 saturated heterocycles. The molecule has 1 aliphatic heterocycles. The van der Waals surface area contributed by atoms with Crippen molar-refractivity contribution in [2.24, 2.45) is 4.99 Å². The molecule has 0 spiro atoms. The van der Waals surface area contributed by atoms with Crippen molar-refractivity contribution in [2.45, 2.75) is 46.4 Å². The maximum absolute atomic E-state index is 6.18. The smallest absolute Gasteiger partial charge is 0.194 e. The number of aliphatic imine (C=N–C) groups is 1. The van der Waals surface area contributed by atoms with Crippen LogP contribution in [0.3, 0.4) is 0 Å². The van der Waals surface area contributed by atoms with E-state index in [0.717, 1.165) is 55.7 Å². The number of benzene rings is 1. The average molecular weight is 400 g/mol. The quantitative estimate of drug-likeness (QED) is 0.616. The number of guanidine groups is 1. The van der Waals surface area contributed by atoms with E-state index in [4.69, 9.17) is 9.26 Å². The van der Waals surface area contributed by atoms with E-state index in [9.17, 15) is 0 Å². The largest absolute Gasteiger partial charge is 0.488 e. The van der Waals surface area contributed by atoms with Crippen molar-refractivity contribution in [3.05, 3.63) is 47.3 Å². The molecule has 1 aromatic carbocycles. The number of rotatable bonds is 5. The fourth-order valence-electron chi connectivity index (χ4n) is 3.41. The molecule has 29 heavy (non-hydrogen) atoms. The number of hydrogen-bond donors (Lipinski definition) is 1. The lowest BCUT2D eigenvalue weighted by Gasteiger charge is -2.36. The Morgan fingerprint density at radius 3 is 2.59 bits per heavy atom. The van der Waals surface area contributed by atoms with Crippen LogP contribution in [0.2, 0.25) is 0 Å². The first-order chi connectivity index (χ1) is 13.8. The van der Waals surface area contributed by atoms with Gasteiger partial charge in [-0.15, -0.1) is 0 Å². The second-order valence-corrected chi connectivity index (χ2v) is 8.48. The van der Waals surface area contributed by atoms with Gasteiger partial charge >= 0.3 is 0 Å². The number of aromatic nitrogens is 1. The Labute approximate surface area is 173 Å². The first kappa shape index (κ1) is 21.2. The van der Waals surface area contributed by atoms with Crippen LogP contribution in [0.15, 0.2) is 40.0 Å². The van der Waals surface area contributed by atoms with Crippen molar-refractivity contribution in [3.63, 3.8) is 0 Å². The minimum absolute atomic E-state index is 0.232. The van der Waals surface area contributed by atoms with Gasteiger partial charge in [-0.1, -0.05) is 17.3 Å². The van der Waals surface area contributed by atoms with Crippen LogP contribution in [-0.4, -0.2) is 59.7 Å². The minimum atomic E-state index is -0.232. The van der Waals surface area contributed by atoms with Gasteiger partial charge in [0.25, 0.3) is 0 Å². The molecular weight excluding hydrogens is 366 g/mol. The monoisotopic (exact) mass is 399 g/mol. The van der Waals surface area contributed by atoms with Gasteiger partial charge in [0.1, 0.15) is 17.6 Å². The normalized spacial score (nSPS) is 16.2. The number of ether oxygens (including phenoxy) is 1. The average Bonchev–Trinajstić information content (AvgIpc) is 3.17. The van der Waals surface area contributed by atoms with Gasteiger partial charge in [-0.25, -0.2) is 0 Å². The Morgan fingerprint density at radius 2 is 1.97 bits per heavy atom. The second-order valence-electron chi connectivity index (χ2n) is 8.48. The molecule has 1 aliphatic rings. The SMILES string of the molecule is CN=C(NCc1ccc(C)cc1OC(C)(C)C)N1CCN(Cc2ccon2)CC1. The first-order valence-corrected chi connectivity index (χ1v) is 10.2. The van der Waals surface area contributed by atoms with Crippen molar-refractivity contribution in [2.75, 3.05) is 33.2 Å². The zero-order chi connectivity index (χ0) is 20.9. The molecule has 0 unspecified atom stereocenters. The van der Waals surface area contributed by atoms with Gasteiger partial charge in [0, 0.05) is 57.9 Å². The summed E-state index contributed by atoms with van der Waals surface area (Å²) in [5.74, 6) is 1.85. The number of nitrogens with zero attached hydrogens (tertiary/aromatic N) is 4. The highest BCUT2D eigenvalue weighted by atomic mass is 16.5. The molecule has 7 nitrogen and oxygen atoms in total. The number of nitrogens with one attached hydrogen (secondary N) is 1. The maximum atomic E-state index is 6.18. The van der Waals surface area contributed by atoms with Crippen LogP contribution in [0.4, 0.5) is 0 Å². The van der Waals surface area contributed by atoms with Crippen LogP contribution in [0.1, 0.15) is 37.6 Å². The van der Waals surface area contributed by atoms with Gasteiger partial charge in [0.15, 0.2) is 5.96 Å². The van der Waals surface area contributed by atoms with E-state index < -0.39 is 0 Å². The summed E-state index contributed by atoms with van der Waals surface area (Å²) in [6.07, 6.45) is 1.63. The molecule has 0 saturated carbocycles. The Bertz CT molecular complexity index is 803. The molecule has 0 bridgehead atoms. The fourth-order valence-corrected chi connectivity index (χ4v) is 3.41. The highest BCUT2D eigenvalue weighted by Crippen LogP contribution is 2.24. The molecule has 2 aromatic rings. The van der Waals surface area contributed by atoms with Crippen molar-refractivity contribution in [1.82, 2.24) is 20.3 Å². The molecule has 1 fully saturated rings. The molecule has 0 atom stereocenters. The summed E-state index contributed by atoms with van der Waals surface area (Å²) in [6.45, 7) is 13.6. The third kappa shape index (κ3) is 6.22. The Morgan fingerprint density at radius 1 is 1.21 bits per heavy atom. The van der Waals surface area contributed by atoms with Crippen molar-refractivity contribution >= 4 is 5.96 Å². The molecular formula is C22H33N5O2. The molecule has 7 heteroatoms. The van der Waals surface area contributed by atoms with Crippen molar-refractivity contribution < 1.29 is 9.26 Å². The van der Waals surface area contributed by atoms with Gasteiger partial charge in [0.2, 0.25) is 0 Å². The molecule has 0 amide bonds. The van der Waals surface area contributed by atoms with Crippen molar-refractivity contribution in [1.29, 1.82) is 0 Å². The highest BCUT2D eigenvalue weighted by molar-refractivity contribution is 5.80. The molecule has 0 aliphatic carbocycles. The number of piperazine rings is 1. The fraction of sp³-hybridized carbons (Fsp3) is 0.545. The van der Waals surface area contributed by atoms with E-state index in [1.54, 1.807) is 6.26 Å². The molecule has 1 N–H and O–H groups in total. The molecule has 2 heterocycles. The lowest BCUT2D eigenvalue weighted by Crippen LogP contribution is -2.52. The summed E-state index contributed by atoms with van der Waals surface area (Å²) in [4.78, 5) is 9.18. The van der Waals surface area contributed by atoms with Gasteiger partial charge in [-0.2, -0.15) is 0 Å². The van der Waals surface area contributed by atoms with Crippen LogP contribution in [-0.2, 0) is 13.1 Å². The van der Waals surface area contributed by atoms with E-state index in [1.165, 1.54) is 5.56 Å². The Balaban J connectivity index is 1.56. The molecule has 158 valence electrons.